The van der Waals surface area contributed by atoms with E-state index in [4.69, 9.17) is 11.6 Å². The second-order valence-electron chi connectivity index (χ2n) is 3.05. The van der Waals surface area contributed by atoms with E-state index in [1.807, 2.05) is 24.4 Å². The van der Waals surface area contributed by atoms with Gasteiger partial charge in [0.05, 0.1) is 10.7 Å². The summed E-state index contributed by atoms with van der Waals surface area (Å²) in [5, 5.41) is 1.41. The van der Waals surface area contributed by atoms with Crippen LogP contribution in [0.2, 0.25) is 5.02 Å². The number of nitrogens with zero attached hydrogens (tertiary/aromatic N) is 2. The van der Waals surface area contributed by atoms with Crippen LogP contribution < -0.4 is 0 Å². The zero-order valence-corrected chi connectivity index (χ0v) is 10.2. The van der Waals surface area contributed by atoms with Crippen LogP contribution in [0.1, 0.15) is 5.56 Å². The molecule has 0 amide bonds. The van der Waals surface area contributed by atoms with Crippen molar-refractivity contribution < 1.29 is 0 Å². The van der Waals surface area contributed by atoms with Crippen LogP contribution in [0.15, 0.2) is 36.8 Å². The molecule has 2 nitrogen and oxygen atoms in total. The lowest BCUT2D eigenvalue weighted by atomic mass is 10.2. The molecule has 0 spiro atoms. The number of halogens is 2. The molecule has 0 bridgehead atoms. The predicted molar refractivity (Wildman–Crippen MR) is 65.1 cm³/mol. The SMILES string of the molecule is Clc1cc(CBr)cnc1-c1cccnc1. The summed E-state index contributed by atoms with van der Waals surface area (Å²) in [6, 6.07) is 5.71. The van der Waals surface area contributed by atoms with Crippen LogP contribution >= 0.6 is 27.5 Å². The van der Waals surface area contributed by atoms with Crippen LogP contribution in [0.3, 0.4) is 0 Å². The number of pyridine rings is 2. The Morgan fingerprint density at radius 2 is 2.20 bits per heavy atom. The number of hydrogen-bond acceptors (Lipinski definition) is 2. The minimum absolute atomic E-state index is 0.653. The molecule has 0 atom stereocenters. The van der Waals surface area contributed by atoms with Gasteiger partial charge in [-0.2, -0.15) is 0 Å². The fraction of sp³-hybridized carbons (Fsp3) is 0.0909. The zero-order chi connectivity index (χ0) is 10.7. The molecule has 0 aromatic carbocycles. The Kier molecular flexibility index (Phi) is 3.34. The Morgan fingerprint density at radius 1 is 1.33 bits per heavy atom. The summed E-state index contributed by atoms with van der Waals surface area (Å²) in [7, 11) is 0. The van der Waals surface area contributed by atoms with Crippen LogP contribution in [-0.4, -0.2) is 9.97 Å². The van der Waals surface area contributed by atoms with E-state index in [2.05, 4.69) is 25.9 Å². The van der Waals surface area contributed by atoms with E-state index in [-0.39, 0.29) is 0 Å². The molecule has 0 saturated heterocycles. The highest BCUT2D eigenvalue weighted by Crippen LogP contribution is 2.25. The normalized spacial score (nSPS) is 10.3. The van der Waals surface area contributed by atoms with Gasteiger partial charge in [0.15, 0.2) is 0 Å². The first-order valence-corrected chi connectivity index (χ1v) is 5.92. The Balaban J connectivity index is 2.46. The molecule has 2 rings (SSSR count). The van der Waals surface area contributed by atoms with E-state index in [9.17, 15) is 0 Å². The van der Waals surface area contributed by atoms with Crippen molar-refractivity contribution in [3.05, 3.63) is 47.4 Å². The Labute approximate surface area is 101 Å². The van der Waals surface area contributed by atoms with Crippen LogP contribution in [0.25, 0.3) is 11.3 Å². The monoisotopic (exact) mass is 282 g/mol. The van der Waals surface area contributed by atoms with Crippen LogP contribution in [0.5, 0.6) is 0 Å². The smallest absolute Gasteiger partial charge is 0.0903 e. The van der Waals surface area contributed by atoms with Crippen molar-refractivity contribution >= 4 is 27.5 Å². The molecule has 15 heavy (non-hydrogen) atoms. The standard InChI is InChI=1S/C11H8BrClN2/c12-5-8-4-10(13)11(15-6-8)9-2-1-3-14-7-9/h1-4,6-7H,5H2. The average molecular weight is 284 g/mol. The summed E-state index contributed by atoms with van der Waals surface area (Å²) in [6.45, 7) is 0. The Bertz CT molecular complexity index is 459. The highest BCUT2D eigenvalue weighted by atomic mass is 79.9. The zero-order valence-electron chi connectivity index (χ0n) is 7.82. The van der Waals surface area contributed by atoms with E-state index in [1.165, 1.54) is 0 Å². The van der Waals surface area contributed by atoms with Gasteiger partial charge in [-0.1, -0.05) is 27.5 Å². The Morgan fingerprint density at radius 3 is 2.80 bits per heavy atom. The summed E-state index contributed by atoms with van der Waals surface area (Å²) in [4.78, 5) is 8.35. The molecular weight excluding hydrogens is 275 g/mol. The maximum atomic E-state index is 6.13. The van der Waals surface area contributed by atoms with Crippen LogP contribution in [0, 0.1) is 0 Å². The lowest BCUT2D eigenvalue weighted by molar-refractivity contribution is 1.24. The maximum Gasteiger partial charge on any atom is 0.0903 e. The summed E-state index contributed by atoms with van der Waals surface area (Å²) in [5.74, 6) is 0. The molecular formula is C11H8BrClN2. The minimum Gasteiger partial charge on any atom is -0.264 e. The second kappa shape index (κ2) is 4.73. The van der Waals surface area contributed by atoms with Gasteiger partial charge in [-0.05, 0) is 23.8 Å². The van der Waals surface area contributed by atoms with E-state index in [0.29, 0.717) is 5.02 Å². The highest BCUT2D eigenvalue weighted by molar-refractivity contribution is 9.08. The molecule has 0 saturated carbocycles. The quantitative estimate of drug-likeness (QED) is 0.786. The first kappa shape index (κ1) is 10.6. The first-order valence-electron chi connectivity index (χ1n) is 4.42. The van der Waals surface area contributed by atoms with Gasteiger partial charge in [0.25, 0.3) is 0 Å². The number of aromatic nitrogens is 2. The first-order chi connectivity index (χ1) is 7.31. The molecule has 0 aliphatic carbocycles. The van der Waals surface area contributed by atoms with Crippen molar-refractivity contribution in [3.63, 3.8) is 0 Å². The highest BCUT2D eigenvalue weighted by Gasteiger charge is 2.05. The molecule has 0 radical (unpaired) electrons. The van der Waals surface area contributed by atoms with E-state index < -0.39 is 0 Å². The molecule has 4 heteroatoms. The van der Waals surface area contributed by atoms with E-state index in [1.54, 1.807) is 12.4 Å². The van der Waals surface area contributed by atoms with Crippen molar-refractivity contribution in [1.82, 2.24) is 9.97 Å². The second-order valence-corrected chi connectivity index (χ2v) is 4.02. The van der Waals surface area contributed by atoms with Gasteiger partial charge in [-0.15, -0.1) is 0 Å². The van der Waals surface area contributed by atoms with Crippen molar-refractivity contribution in [2.45, 2.75) is 5.33 Å². The molecule has 0 N–H and O–H groups in total. The fourth-order valence-electron chi connectivity index (χ4n) is 1.27. The van der Waals surface area contributed by atoms with E-state index in [0.717, 1.165) is 22.2 Å². The maximum absolute atomic E-state index is 6.13. The molecule has 2 heterocycles. The fourth-order valence-corrected chi connectivity index (χ4v) is 1.87. The minimum atomic E-state index is 0.653. The molecule has 0 aliphatic rings. The molecule has 0 fully saturated rings. The van der Waals surface area contributed by atoms with E-state index >= 15 is 0 Å². The third-order valence-electron chi connectivity index (χ3n) is 1.99. The van der Waals surface area contributed by atoms with Crippen molar-refractivity contribution in [2.75, 3.05) is 0 Å². The lowest BCUT2D eigenvalue weighted by Gasteiger charge is -2.04. The van der Waals surface area contributed by atoms with Crippen LogP contribution in [0.4, 0.5) is 0 Å². The van der Waals surface area contributed by atoms with Crippen LogP contribution in [-0.2, 0) is 5.33 Å². The topological polar surface area (TPSA) is 25.8 Å². The largest absolute Gasteiger partial charge is 0.264 e. The van der Waals surface area contributed by atoms with Crippen molar-refractivity contribution in [2.24, 2.45) is 0 Å². The molecule has 76 valence electrons. The number of alkyl halides is 1. The summed E-state index contributed by atoms with van der Waals surface area (Å²) >= 11 is 9.49. The third-order valence-corrected chi connectivity index (χ3v) is 2.92. The van der Waals surface area contributed by atoms with Gasteiger partial charge >= 0.3 is 0 Å². The molecule has 0 unspecified atom stereocenters. The van der Waals surface area contributed by atoms with Gasteiger partial charge in [-0.3, -0.25) is 9.97 Å². The lowest BCUT2D eigenvalue weighted by Crippen LogP contribution is -1.88. The molecule has 2 aromatic rings. The number of rotatable bonds is 2. The Hall–Kier alpha value is -0.930. The predicted octanol–water partition coefficient (Wildman–Crippen LogP) is 3.69. The van der Waals surface area contributed by atoms with Gasteiger partial charge < -0.3 is 0 Å². The van der Waals surface area contributed by atoms with Gasteiger partial charge in [0.1, 0.15) is 0 Å². The van der Waals surface area contributed by atoms with Gasteiger partial charge in [0, 0.05) is 29.5 Å². The van der Waals surface area contributed by atoms with Gasteiger partial charge in [-0.25, -0.2) is 0 Å². The average Bonchev–Trinajstić information content (AvgIpc) is 2.30. The summed E-state index contributed by atoms with van der Waals surface area (Å²) < 4.78 is 0. The third kappa shape index (κ3) is 2.36. The summed E-state index contributed by atoms with van der Waals surface area (Å²) in [6.07, 6.45) is 5.29. The van der Waals surface area contributed by atoms with Gasteiger partial charge in [0.2, 0.25) is 0 Å². The number of hydrogen-bond donors (Lipinski definition) is 0. The summed E-state index contributed by atoms with van der Waals surface area (Å²) in [5.41, 5.74) is 2.77. The molecule has 2 aromatic heterocycles. The van der Waals surface area contributed by atoms with Crippen molar-refractivity contribution in [1.29, 1.82) is 0 Å². The van der Waals surface area contributed by atoms with Crippen molar-refractivity contribution in [3.8, 4) is 11.3 Å². The molecule has 0 aliphatic heterocycles.